The van der Waals surface area contributed by atoms with Gasteiger partial charge in [-0.1, -0.05) is 152 Å². The van der Waals surface area contributed by atoms with E-state index in [0.29, 0.717) is 5.82 Å². The molecular formula is C54H34N4. The lowest BCUT2D eigenvalue weighted by molar-refractivity contribution is 1.17. The molecule has 0 amide bonds. The van der Waals surface area contributed by atoms with Crippen LogP contribution in [0.3, 0.4) is 0 Å². The largest absolute Gasteiger partial charge is 0.309 e. The van der Waals surface area contributed by atoms with Gasteiger partial charge in [-0.3, -0.25) is 0 Å². The number of para-hydroxylation sites is 2. The van der Waals surface area contributed by atoms with Gasteiger partial charge >= 0.3 is 0 Å². The molecule has 0 aliphatic rings. The Hall–Kier alpha value is -7.82. The molecule has 0 N–H and O–H groups in total. The van der Waals surface area contributed by atoms with E-state index in [-0.39, 0.29) is 0 Å². The maximum absolute atomic E-state index is 5.26. The summed E-state index contributed by atoms with van der Waals surface area (Å²) >= 11 is 0. The second kappa shape index (κ2) is 12.9. The van der Waals surface area contributed by atoms with E-state index in [9.17, 15) is 0 Å². The highest BCUT2D eigenvalue weighted by Crippen LogP contribution is 2.44. The van der Waals surface area contributed by atoms with Gasteiger partial charge in [0, 0.05) is 49.3 Å². The molecule has 0 saturated heterocycles. The Morgan fingerprint density at radius 3 is 1.48 bits per heavy atom. The van der Waals surface area contributed by atoms with E-state index < -0.39 is 0 Å². The van der Waals surface area contributed by atoms with Crippen molar-refractivity contribution in [1.29, 1.82) is 0 Å². The molecule has 9 aromatic carbocycles. The van der Waals surface area contributed by atoms with E-state index in [1.807, 2.05) is 12.1 Å². The molecule has 0 unspecified atom stereocenters. The van der Waals surface area contributed by atoms with Crippen LogP contribution in [0.2, 0.25) is 0 Å². The second-order valence-corrected chi connectivity index (χ2v) is 15.0. The summed E-state index contributed by atoms with van der Waals surface area (Å²) < 4.78 is 4.89. The van der Waals surface area contributed by atoms with Gasteiger partial charge in [0.1, 0.15) is 0 Å². The summed E-state index contributed by atoms with van der Waals surface area (Å²) in [6, 6.07) is 73.8. The van der Waals surface area contributed by atoms with Gasteiger partial charge in [-0.25, -0.2) is 9.97 Å². The molecule has 0 aliphatic heterocycles. The number of aromatic nitrogens is 4. The minimum atomic E-state index is 0.689. The zero-order chi connectivity index (χ0) is 38.2. The fourth-order valence-corrected chi connectivity index (χ4v) is 9.07. The van der Waals surface area contributed by atoms with Crippen LogP contribution in [0, 0.1) is 0 Å². The summed E-state index contributed by atoms with van der Waals surface area (Å²) in [5, 5.41) is 9.70. The van der Waals surface area contributed by atoms with Crippen molar-refractivity contribution in [1.82, 2.24) is 19.1 Å². The Morgan fingerprint density at radius 1 is 0.310 bits per heavy atom. The first-order valence-electron chi connectivity index (χ1n) is 19.7. The lowest BCUT2D eigenvalue weighted by Gasteiger charge is -2.15. The van der Waals surface area contributed by atoms with E-state index in [1.165, 1.54) is 43.4 Å². The fourth-order valence-electron chi connectivity index (χ4n) is 9.07. The topological polar surface area (TPSA) is 35.6 Å². The van der Waals surface area contributed by atoms with Crippen LogP contribution in [-0.2, 0) is 0 Å². The van der Waals surface area contributed by atoms with Gasteiger partial charge in [-0.2, -0.15) is 0 Å². The summed E-state index contributed by atoms with van der Waals surface area (Å²) in [4.78, 5) is 10.5. The van der Waals surface area contributed by atoms with Crippen molar-refractivity contribution in [2.24, 2.45) is 0 Å². The minimum Gasteiger partial charge on any atom is -0.309 e. The van der Waals surface area contributed by atoms with Crippen molar-refractivity contribution in [2.75, 3.05) is 0 Å². The Balaban J connectivity index is 1.15. The Kier molecular flexibility index (Phi) is 7.20. The molecule has 0 radical (unpaired) electrons. The standard InChI is InChI=1S/C54H34N4/c1-3-16-36(17-4-1)45-34-46(37-18-5-2-6-19-37)56-54(55-45)40-31-39-21-9-10-22-42(39)51(33-40)58-48-26-14-12-24-44(48)53-50(58)30-29-49-52(53)43-23-11-13-25-47(43)57(49)41-28-27-35-15-7-8-20-38(35)32-41/h1-34H. The molecule has 12 aromatic rings. The maximum Gasteiger partial charge on any atom is 0.160 e. The molecule has 0 saturated carbocycles. The van der Waals surface area contributed by atoms with Crippen LogP contribution in [-0.4, -0.2) is 19.1 Å². The fraction of sp³-hybridized carbons (Fsp3) is 0. The molecule has 270 valence electrons. The van der Waals surface area contributed by atoms with Crippen LogP contribution >= 0.6 is 0 Å². The highest BCUT2D eigenvalue weighted by atomic mass is 15.0. The highest BCUT2D eigenvalue weighted by Gasteiger charge is 2.22. The van der Waals surface area contributed by atoms with Crippen molar-refractivity contribution >= 4 is 65.2 Å². The first-order chi connectivity index (χ1) is 28.8. The van der Waals surface area contributed by atoms with Crippen molar-refractivity contribution in [3.63, 3.8) is 0 Å². The van der Waals surface area contributed by atoms with Gasteiger partial charge in [-0.05, 0) is 70.8 Å². The van der Waals surface area contributed by atoms with Crippen LogP contribution in [0.5, 0.6) is 0 Å². The molecule has 4 nitrogen and oxygen atoms in total. The van der Waals surface area contributed by atoms with Crippen LogP contribution in [0.4, 0.5) is 0 Å². The predicted molar refractivity (Wildman–Crippen MR) is 242 cm³/mol. The molecular weight excluding hydrogens is 705 g/mol. The molecule has 0 bridgehead atoms. The SMILES string of the molecule is c1ccc(-c2cc(-c3ccccc3)nc(-c3cc(-n4c5ccccc5c5c6c7ccccc7n(-c7ccc8ccccc8c7)c6ccc54)c4ccccc4c3)n2)cc1. The van der Waals surface area contributed by atoms with Gasteiger partial charge in [0.25, 0.3) is 0 Å². The van der Waals surface area contributed by atoms with E-state index in [1.54, 1.807) is 0 Å². The minimum absolute atomic E-state index is 0.689. The zero-order valence-corrected chi connectivity index (χ0v) is 31.4. The van der Waals surface area contributed by atoms with Crippen molar-refractivity contribution in [2.45, 2.75) is 0 Å². The molecule has 0 atom stereocenters. The van der Waals surface area contributed by atoms with Gasteiger partial charge in [-0.15, -0.1) is 0 Å². The monoisotopic (exact) mass is 738 g/mol. The highest BCUT2D eigenvalue weighted by molar-refractivity contribution is 6.29. The summed E-state index contributed by atoms with van der Waals surface area (Å²) in [5.41, 5.74) is 11.8. The first-order valence-corrected chi connectivity index (χ1v) is 19.7. The number of nitrogens with zero attached hydrogens (tertiary/aromatic N) is 4. The number of rotatable bonds is 5. The van der Waals surface area contributed by atoms with E-state index >= 15 is 0 Å². The molecule has 3 aromatic heterocycles. The van der Waals surface area contributed by atoms with Crippen LogP contribution in [0.1, 0.15) is 0 Å². The average molecular weight is 739 g/mol. The lowest BCUT2D eigenvalue weighted by Crippen LogP contribution is -1.99. The number of hydrogen-bond donors (Lipinski definition) is 0. The summed E-state index contributed by atoms with van der Waals surface area (Å²) in [5.74, 6) is 0.689. The number of fused-ring (bicyclic) bond motifs is 9. The lowest BCUT2D eigenvalue weighted by atomic mass is 10.0. The normalized spacial score (nSPS) is 11.8. The number of hydrogen-bond acceptors (Lipinski definition) is 2. The van der Waals surface area contributed by atoms with Gasteiger partial charge in [0.15, 0.2) is 5.82 Å². The molecule has 3 heterocycles. The van der Waals surface area contributed by atoms with Gasteiger partial charge in [0.05, 0.1) is 39.1 Å². The summed E-state index contributed by atoms with van der Waals surface area (Å²) in [6.07, 6.45) is 0. The number of benzene rings is 9. The van der Waals surface area contributed by atoms with Gasteiger partial charge < -0.3 is 9.13 Å². The summed E-state index contributed by atoms with van der Waals surface area (Å²) in [6.45, 7) is 0. The Morgan fingerprint density at radius 2 is 0.828 bits per heavy atom. The quantitative estimate of drug-likeness (QED) is 0.176. The molecule has 12 rings (SSSR count). The van der Waals surface area contributed by atoms with E-state index in [2.05, 4.69) is 203 Å². The van der Waals surface area contributed by atoms with Crippen LogP contribution < -0.4 is 0 Å². The third-order valence-corrected chi connectivity index (χ3v) is 11.7. The van der Waals surface area contributed by atoms with Gasteiger partial charge in [0.2, 0.25) is 0 Å². The second-order valence-electron chi connectivity index (χ2n) is 15.0. The Bertz CT molecular complexity index is 3500. The van der Waals surface area contributed by atoms with Crippen molar-refractivity contribution < 1.29 is 0 Å². The zero-order valence-electron chi connectivity index (χ0n) is 31.4. The smallest absolute Gasteiger partial charge is 0.160 e. The van der Waals surface area contributed by atoms with Crippen LogP contribution in [0.25, 0.3) is 110 Å². The van der Waals surface area contributed by atoms with E-state index in [4.69, 9.17) is 9.97 Å². The molecule has 0 aliphatic carbocycles. The molecule has 4 heteroatoms. The molecule has 58 heavy (non-hydrogen) atoms. The first kappa shape index (κ1) is 32.4. The Labute approximate surface area is 334 Å². The summed E-state index contributed by atoms with van der Waals surface area (Å²) in [7, 11) is 0. The average Bonchev–Trinajstić information content (AvgIpc) is 3.82. The van der Waals surface area contributed by atoms with Crippen molar-refractivity contribution in [3.05, 3.63) is 206 Å². The van der Waals surface area contributed by atoms with Crippen LogP contribution in [0.15, 0.2) is 206 Å². The third kappa shape index (κ3) is 5.02. The molecule has 0 fully saturated rings. The molecule has 0 spiro atoms. The predicted octanol–water partition coefficient (Wildman–Crippen LogP) is 14.0. The maximum atomic E-state index is 5.26. The third-order valence-electron chi connectivity index (χ3n) is 11.7. The van der Waals surface area contributed by atoms with E-state index in [0.717, 1.165) is 61.3 Å². The van der Waals surface area contributed by atoms with Crippen molar-refractivity contribution in [3.8, 4) is 45.3 Å².